The van der Waals surface area contributed by atoms with Crippen LogP contribution in [0.25, 0.3) is 0 Å². The Morgan fingerprint density at radius 2 is 1.90 bits per heavy atom. The first kappa shape index (κ1) is 16.7. The maximum Gasteiger partial charge on any atom is 0.240 e. The van der Waals surface area contributed by atoms with E-state index in [1.807, 2.05) is 14.1 Å². The molecule has 4 N–H and O–H groups in total. The Balaban J connectivity index is 2.90. The first-order chi connectivity index (χ1) is 9.10. The van der Waals surface area contributed by atoms with Gasteiger partial charge < -0.3 is 16.0 Å². The van der Waals surface area contributed by atoms with E-state index in [-0.39, 0.29) is 10.4 Å². The summed E-state index contributed by atoms with van der Waals surface area (Å²) in [6.07, 6.45) is 0. The molecule has 0 radical (unpaired) electrons. The van der Waals surface area contributed by atoms with E-state index in [1.165, 1.54) is 19.2 Å². The second-order valence-electron chi connectivity index (χ2n) is 5.52. The summed E-state index contributed by atoms with van der Waals surface area (Å²) < 4.78 is 25.6. The molecule has 0 atom stereocenters. The molecule has 0 saturated carbocycles. The lowest BCUT2D eigenvalue weighted by molar-refractivity contribution is 0.210. The van der Waals surface area contributed by atoms with Crippen LogP contribution in [0.15, 0.2) is 23.1 Å². The van der Waals surface area contributed by atoms with Crippen LogP contribution in [0, 0.1) is 0 Å². The van der Waals surface area contributed by atoms with Gasteiger partial charge in [0.1, 0.15) is 0 Å². The van der Waals surface area contributed by atoms with Gasteiger partial charge in [0.25, 0.3) is 0 Å². The van der Waals surface area contributed by atoms with Crippen LogP contribution < -0.4 is 15.8 Å². The maximum absolute atomic E-state index is 11.7. The second-order valence-corrected chi connectivity index (χ2v) is 7.40. The molecule has 1 aromatic rings. The molecule has 0 fully saturated rings. The Hall–Kier alpha value is -1.31. The second kappa shape index (κ2) is 5.99. The van der Waals surface area contributed by atoms with Gasteiger partial charge in [-0.3, -0.25) is 0 Å². The Kier molecular flexibility index (Phi) is 5.01. The van der Waals surface area contributed by atoms with Gasteiger partial charge in [0, 0.05) is 12.1 Å². The van der Waals surface area contributed by atoms with E-state index in [2.05, 4.69) is 28.8 Å². The first-order valence-electron chi connectivity index (χ1n) is 6.34. The van der Waals surface area contributed by atoms with Gasteiger partial charge in [-0.05, 0) is 53.2 Å². The number of nitrogens with zero attached hydrogens (tertiary/aromatic N) is 1. The molecule has 0 aliphatic heterocycles. The third-order valence-corrected chi connectivity index (χ3v) is 4.94. The highest BCUT2D eigenvalue weighted by atomic mass is 32.2. The Morgan fingerprint density at radius 3 is 2.35 bits per heavy atom. The molecule has 6 nitrogen and oxygen atoms in total. The average Bonchev–Trinajstić information content (AvgIpc) is 2.37. The van der Waals surface area contributed by atoms with Crippen molar-refractivity contribution in [1.82, 2.24) is 9.62 Å². The molecule has 0 spiro atoms. The topological polar surface area (TPSA) is 87.5 Å². The van der Waals surface area contributed by atoms with Crippen molar-refractivity contribution < 1.29 is 8.42 Å². The van der Waals surface area contributed by atoms with Crippen LogP contribution in [0.3, 0.4) is 0 Å². The lowest BCUT2D eigenvalue weighted by Crippen LogP contribution is -2.44. The van der Waals surface area contributed by atoms with Gasteiger partial charge in [0.05, 0.1) is 16.3 Å². The van der Waals surface area contributed by atoms with E-state index in [1.54, 1.807) is 6.07 Å². The van der Waals surface area contributed by atoms with Crippen molar-refractivity contribution in [2.75, 3.05) is 38.7 Å². The molecule has 0 unspecified atom stereocenters. The molecule has 7 heteroatoms. The van der Waals surface area contributed by atoms with Crippen LogP contribution in [0.4, 0.5) is 11.4 Å². The summed E-state index contributed by atoms with van der Waals surface area (Å²) in [6, 6.07) is 4.68. The zero-order valence-corrected chi connectivity index (χ0v) is 13.5. The van der Waals surface area contributed by atoms with Crippen LogP contribution in [-0.4, -0.2) is 46.5 Å². The summed E-state index contributed by atoms with van der Waals surface area (Å²) in [5.41, 5.74) is 7.01. The number of rotatable bonds is 6. The molecule has 0 aliphatic carbocycles. The minimum absolute atomic E-state index is 0.0395. The Labute approximate surface area is 121 Å². The van der Waals surface area contributed by atoms with Crippen LogP contribution >= 0.6 is 0 Å². The molecule has 1 aromatic carbocycles. The molecular formula is C13H24N4O2S. The fraction of sp³-hybridized carbons (Fsp3) is 0.538. The van der Waals surface area contributed by atoms with Gasteiger partial charge in [-0.2, -0.15) is 0 Å². The van der Waals surface area contributed by atoms with E-state index in [0.717, 1.165) is 5.69 Å². The normalized spacial score (nSPS) is 12.7. The number of nitrogens with two attached hydrogens (primary N) is 1. The highest BCUT2D eigenvalue weighted by molar-refractivity contribution is 7.89. The quantitative estimate of drug-likeness (QED) is 0.680. The molecule has 0 aromatic heterocycles. The third kappa shape index (κ3) is 3.84. The summed E-state index contributed by atoms with van der Waals surface area (Å²) in [7, 11) is 1.93. The lowest BCUT2D eigenvalue weighted by atomic mass is 10.0. The minimum Gasteiger partial charge on any atom is -0.397 e. The van der Waals surface area contributed by atoms with Crippen LogP contribution in [0.5, 0.6) is 0 Å². The minimum atomic E-state index is -3.46. The fourth-order valence-electron chi connectivity index (χ4n) is 1.46. The summed E-state index contributed by atoms with van der Waals surface area (Å²) in [5, 5.41) is 3.25. The van der Waals surface area contributed by atoms with Gasteiger partial charge in [0.2, 0.25) is 10.0 Å². The highest BCUT2D eigenvalue weighted by Crippen LogP contribution is 2.23. The van der Waals surface area contributed by atoms with E-state index in [4.69, 9.17) is 5.73 Å². The molecule has 0 amide bonds. The van der Waals surface area contributed by atoms with Gasteiger partial charge >= 0.3 is 0 Å². The molecule has 0 bridgehead atoms. The van der Waals surface area contributed by atoms with Gasteiger partial charge in [0.15, 0.2) is 0 Å². The fourth-order valence-corrected chi connectivity index (χ4v) is 2.22. The van der Waals surface area contributed by atoms with Crippen molar-refractivity contribution in [3.05, 3.63) is 18.2 Å². The van der Waals surface area contributed by atoms with Crippen molar-refractivity contribution in [1.29, 1.82) is 0 Å². The zero-order valence-electron chi connectivity index (χ0n) is 12.7. The van der Waals surface area contributed by atoms with Crippen LogP contribution in [-0.2, 0) is 10.0 Å². The summed E-state index contributed by atoms with van der Waals surface area (Å²) >= 11 is 0. The van der Waals surface area contributed by atoms with E-state index in [9.17, 15) is 8.42 Å². The van der Waals surface area contributed by atoms with Gasteiger partial charge in [-0.25, -0.2) is 13.1 Å². The molecule has 114 valence electrons. The smallest absolute Gasteiger partial charge is 0.240 e. The number of hydrogen-bond acceptors (Lipinski definition) is 5. The Bertz CT molecular complexity index is 568. The van der Waals surface area contributed by atoms with Crippen LogP contribution in [0.1, 0.15) is 13.8 Å². The number of benzene rings is 1. The maximum atomic E-state index is 11.7. The number of likely N-dealkylation sites (N-methyl/N-ethyl adjacent to an activating group) is 1. The zero-order chi connectivity index (χ0) is 15.6. The largest absolute Gasteiger partial charge is 0.397 e. The molecule has 0 heterocycles. The van der Waals surface area contributed by atoms with E-state index >= 15 is 0 Å². The lowest BCUT2D eigenvalue weighted by Gasteiger charge is -2.33. The third-order valence-electron chi connectivity index (χ3n) is 3.52. The SMILES string of the molecule is CNS(=O)(=O)c1ccc(NCC(C)(C)N(C)C)c(N)c1. The summed E-state index contributed by atoms with van der Waals surface area (Å²) in [6.45, 7) is 4.91. The van der Waals surface area contributed by atoms with Gasteiger partial charge in [-0.15, -0.1) is 0 Å². The molecule has 1 rings (SSSR count). The average molecular weight is 300 g/mol. The predicted molar refractivity (Wildman–Crippen MR) is 83.4 cm³/mol. The molecule has 20 heavy (non-hydrogen) atoms. The van der Waals surface area contributed by atoms with E-state index < -0.39 is 10.0 Å². The number of hydrogen-bond donors (Lipinski definition) is 3. The number of sulfonamides is 1. The molecular weight excluding hydrogens is 276 g/mol. The van der Waals surface area contributed by atoms with Crippen molar-refractivity contribution in [2.24, 2.45) is 0 Å². The van der Waals surface area contributed by atoms with Crippen molar-refractivity contribution in [3.8, 4) is 0 Å². The predicted octanol–water partition coefficient (Wildman–Crippen LogP) is 0.929. The first-order valence-corrected chi connectivity index (χ1v) is 7.83. The summed E-state index contributed by atoms with van der Waals surface area (Å²) in [4.78, 5) is 2.27. The van der Waals surface area contributed by atoms with Gasteiger partial charge in [-0.1, -0.05) is 0 Å². The number of anilines is 2. The standard InChI is InChI=1S/C13H24N4O2S/c1-13(2,17(4)5)9-16-12-7-6-10(8-11(12)14)20(18,19)15-3/h6-8,15-16H,9,14H2,1-5H3. The highest BCUT2D eigenvalue weighted by Gasteiger charge is 2.20. The van der Waals surface area contributed by atoms with E-state index in [0.29, 0.717) is 12.2 Å². The molecule has 0 saturated heterocycles. The van der Waals surface area contributed by atoms with Crippen molar-refractivity contribution >= 4 is 21.4 Å². The van der Waals surface area contributed by atoms with Crippen LogP contribution in [0.2, 0.25) is 0 Å². The number of nitrogen functional groups attached to an aromatic ring is 1. The molecule has 0 aliphatic rings. The summed E-state index contributed by atoms with van der Waals surface area (Å²) in [5.74, 6) is 0. The van der Waals surface area contributed by atoms with Crippen molar-refractivity contribution in [3.63, 3.8) is 0 Å². The van der Waals surface area contributed by atoms with Crippen molar-refractivity contribution in [2.45, 2.75) is 24.3 Å². The Morgan fingerprint density at radius 1 is 1.30 bits per heavy atom. The monoisotopic (exact) mass is 300 g/mol. The number of nitrogens with one attached hydrogen (secondary N) is 2.